The maximum absolute atomic E-state index is 13.2. The highest BCUT2D eigenvalue weighted by atomic mass is 16.8. The normalized spacial score (nSPS) is 47.2. The summed E-state index contributed by atoms with van der Waals surface area (Å²) < 4.78 is 70.8. The van der Waals surface area contributed by atoms with Gasteiger partial charge in [0.1, 0.15) is 153 Å². The van der Waals surface area contributed by atoms with Crippen LogP contribution in [-0.2, 0) is 66.4 Å². The van der Waals surface area contributed by atoms with Crippen LogP contribution in [0.2, 0.25) is 0 Å². The van der Waals surface area contributed by atoms with Gasteiger partial charge in [0, 0.05) is 13.8 Å². The topological polar surface area (TPSA) is 574 Å². The molecular weight excluding hydrogens is 1120 g/mol. The monoisotopic (exact) mass is 1200 g/mol. The molecule has 0 saturated carbocycles. The predicted octanol–water partition coefficient (Wildman–Crippen LogP) is -14.3. The van der Waals surface area contributed by atoms with E-state index >= 15 is 0 Å². The van der Waals surface area contributed by atoms with Crippen LogP contribution in [0.4, 0.5) is 0 Å². The number of ether oxygens (including phenoxy) is 12. The van der Waals surface area contributed by atoms with Gasteiger partial charge in [0.25, 0.3) is 0 Å². The van der Waals surface area contributed by atoms with E-state index in [-0.39, 0.29) is 0 Å². The summed E-state index contributed by atoms with van der Waals surface area (Å²) in [6, 6.07) is -3.53. The van der Waals surface area contributed by atoms with E-state index in [9.17, 15) is 112 Å². The van der Waals surface area contributed by atoms with E-state index in [1.807, 2.05) is 0 Å². The molecule has 6 rings (SSSR count). The lowest BCUT2D eigenvalue weighted by Gasteiger charge is -2.52. The molecule has 0 aliphatic carbocycles. The smallest absolute Gasteiger partial charge is 0.217 e. The van der Waals surface area contributed by atoms with Crippen LogP contribution >= 0.6 is 0 Å². The van der Waals surface area contributed by atoms with Gasteiger partial charge in [0.15, 0.2) is 37.7 Å². The average Bonchev–Trinajstić information content (AvgIpc) is 3.65. The van der Waals surface area contributed by atoms with Gasteiger partial charge in [0.2, 0.25) is 11.8 Å². The minimum atomic E-state index is -2.32. The number of carbonyl (C=O) groups is 2. The third kappa shape index (κ3) is 15.3. The van der Waals surface area contributed by atoms with E-state index in [1.54, 1.807) is 0 Å². The van der Waals surface area contributed by atoms with Gasteiger partial charge in [-0.3, -0.25) is 9.59 Å². The zero-order chi connectivity index (χ0) is 60.9. The zero-order valence-electron chi connectivity index (χ0n) is 44.5. The summed E-state index contributed by atoms with van der Waals surface area (Å²) in [6.45, 7) is -1.81. The second kappa shape index (κ2) is 30.0. The lowest BCUT2D eigenvalue weighted by atomic mass is 9.94. The van der Waals surface area contributed by atoms with Crippen molar-refractivity contribution in [3.05, 3.63) is 0 Å². The zero-order valence-corrected chi connectivity index (χ0v) is 44.5. The van der Waals surface area contributed by atoms with Crippen molar-refractivity contribution in [2.24, 2.45) is 0 Å². The maximum atomic E-state index is 13.2. The summed E-state index contributed by atoms with van der Waals surface area (Å²) in [6.07, 6.45) is -62.7. The fourth-order valence-corrected chi connectivity index (χ4v) is 10.2. The van der Waals surface area contributed by atoms with Crippen molar-refractivity contribution in [1.82, 2.24) is 10.6 Å². The second-order valence-corrected chi connectivity index (χ2v) is 20.8. The Morgan fingerprint density at radius 3 is 1.32 bits per heavy atom. The molecule has 0 spiro atoms. The Bertz CT molecular complexity index is 1970. The van der Waals surface area contributed by atoms with E-state index < -0.39 is 260 Å². The van der Waals surface area contributed by atoms with Gasteiger partial charge in [-0.25, -0.2) is 0 Å². The van der Waals surface area contributed by atoms with Crippen molar-refractivity contribution < 1.29 is 169 Å². The van der Waals surface area contributed by atoms with Crippen molar-refractivity contribution in [3.63, 3.8) is 0 Å². The molecule has 0 aromatic rings. The molecule has 0 unspecified atom stereocenters. The molecule has 2 amide bonds. The summed E-state index contributed by atoms with van der Waals surface area (Å²) in [5.74, 6) is -1.75. The quantitative estimate of drug-likeness (QED) is 0.0452. The Kier molecular flexibility index (Phi) is 25.2. The van der Waals surface area contributed by atoms with Crippen LogP contribution in [0, 0.1) is 0 Å². The number of nitrogens with one attached hydrogen (secondary N) is 2. The molecule has 36 nitrogen and oxygen atoms in total. The molecule has 34 atom stereocenters. The molecule has 82 heavy (non-hydrogen) atoms. The molecule has 0 aromatic heterocycles. The molecule has 6 heterocycles. The number of aliphatic hydroxyl groups excluding tert-OH is 20. The number of hydrogen-bond donors (Lipinski definition) is 22. The van der Waals surface area contributed by atoms with Gasteiger partial charge in [-0.2, -0.15) is 0 Å². The summed E-state index contributed by atoms with van der Waals surface area (Å²) in [7, 11) is 0. The molecule has 6 fully saturated rings. The van der Waals surface area contributed by atoms with Gasteiger partial charge >= 0.3 is 0 Å². The molecule has 6 aliphatic rings. The number of rotatable bonds is 23. The van der Waals surface area contributed by atoms with E-state index in [0.717, 1.165) is 13.8 Å². The van der Waals surface area contributed by atoms with Gasteiger partial charge in [-0.1, -0.05) is 0 Å². The van der Waals surface area contributed by atoms with E-state index in [2.05, 4.69) is 10.6 Å². The highest BCUT2D eigenvalue weighted by Gasteiger charge is 2.59. The van der Waals surface area contributed by atoms with Crippen molar-refractivity contribution in [2.45, 2.75) is 236 Å². The fraction of sp³-hybridized carbons (Fsp3) is 0.957. The van der Waals surface area contributed by atoms with Gasteiger partial charge < -0.3 is 170 Å². The molecule has 478 valence electrons. The average molecular weight is 1210 g/mol. The number of amides is 2. The first kappa shape index (κ1) is 68.8. The lowest BCUT2D eigenvalue weighted by molar-refractivity contribution is -0.408. The van der Waals surface area contributed by atoms with Crippen molar-refractivity contribution in [3.8, 4) is 0 Å². The Morgan fingerprint density at radius 1 is 0.439 bits per heavy atom. The van der Waals surface area contributed by atoms with E-state index in [4.69, 9.17) is 56.8 Å². The number of hydrogen-bond acceptors (Lipinski definition) is 34. The molecule has 6 aliphatic heterocycles. The fourth-order valence-electron chi connectivity index (χ4n) is 10.2. The van der Waals surface area contributed by atoms with Gasteiger partial charge in [-0.05, 0) is 13.8 Å². The van der Waals surface area contributed by atoms with Crippen LogP contribution in [-0.4, -0.2) is 362 Å². The van der Waals surface area contributed by atoms with Crippen LogP contribution in [0.1, 0.15) is 27.7 Å². The Morgan fingerprint density at radius 2 is 0.841 bits per heavy atom. The Hall–Kier alpha value is -2.34. The number of carbonyl (C=O) groups excluding carboxylic acids is 2. The van der Waals surface area contributed by atoms with Crippen LogP contribution < -0.4 is 10.6 Å². The van der Waals surface area contributed by atoms with Crippen LogP contribution in [0.3, 0.4) is 0 Å². The first-order valence-corrected chi connectivity index (χ1v) is 26.3. The molecule has 0 radical (unpaired) electrons. The molecule has 36 heteroatoms. The molecule has 22 N–H and O–H groups in total. The third-order valence-electron chi connectivity index (χ3n) is 14.9. The minimum Gasteiger partial charge on any atom is -0.394 e. The van der Waals surface area contributed by atoms with Gasteiger partial charge in [-0.15, -0.1) is 0 Å². The summed E-state index contributed by atoms with van der Waals surface area (Å²) in [5.41, 5.74) is 0. The first-order chi connectivity index (χ1) is 38.6. The van der Waals surface area contributed by atoms with Gasteiger partial charge in [0.05, 0.1) is 57.9 Å². The molecular formula is C46H80N2O34. The van der Waals surface area contributed by atoms with Crippen LogP contribution in [0.25, 0.3) is 0 Å². The minimum absolute atomic E-state index is 0.820. The highest BCUT2D eigenvalue weighted by Crippen LogP contribution is 2.38. The highest BCUT2D eigenvalue weighted by molar-refractivity contribution is 5.73. The van der Waals surface area contributed by atoms with Crippen molar-refractivity contribution in [2.75, 3.05) is 39.6 Å². The predicted molar refractivity (Wildman–Crippen MR) is 254 cm³/mol. The SMILES string of the molecule is CC(=O)N[C@H]1[C@H](OC[C@@H](O)[C@H](O)[C@H](O[C@@H]2O[C@H](CO)[C@H](O)[C@H](O)[C@H]2O)[C@H](CO)NC(C)=O)O[C@H](CO)[C@@H](O[C@@H]2O[C@H](CO)[C@H](O)[C@H](O[C@H]3O[C@H](CO)[C@H](O)[C@H](O)[C@H]3O)[C@H]2O[C@@H]2O[C@@H](C)[C@@H](O)[C@@H](O)[C@@H]2O)[C@@H]1O[C@@H]1O[C@@H](C)[C@@H](O)[C@@H](O)[C@@H]1O. The molecule has 0 aromatic carbocycles. The third-order valence-corrected chi connectivity index (χ3v) is 14.9. The van der Waals surface area contributed by atoms with Crippen molar-refractivity contribution in [1.29, 1.82) is 0 Å². The Labute approximate surface area is 466 Å². The summed E-state index contributed by atoms with van der Waals surface area (Å²) in [4.78, 5) is 25.4. The second-order valence-electron chi connectivity index (χ2n) is 20.8. The van der Waals surface area contributed by atoms with Crippen molar-refractivity contribution >= 4 is 11.8 Å². The van der Waals surface area contributed by atoms with Crippen LogP contribution in [0.15, 0.2) is 0 Å². The number of aliphatic hydroxyl groups is 20. The Balaban J connectivity index is 1.39. The molecule has 0 bridgehead atoms. The first-order valence-electron chi connectivity index (χ1n) is 26.3. The van der Waals surface area contributed by atoms with Crippen LogP contribution in [0.5, 0.6) is 0 Å². The standard InChI is InChI=1S/C46H80N2O34/c1-11-22(57)28(63)32(67)42(72-11)80-38-21(48-14(4)55)41(71-10-16(56)24(59)36(15(5-49)47-13(3)54)78-44-34(69)30(65)25(60)17(6-50)74-44)77-20(9-53)37(38)79-46-40(82-43-33(68)29(64)23(58)12(2)73-43)39(27(62)19(8-52)76-46)81-45-35(70)31(66)26(61)18(7-51)75-45/h11-12,15-46,49-53,56-70H,5-10H2,1-4H3,(H,47,54)(H,48,55)/t11-,12-,15-,16+,17+,18+,19+,20+,21+,22+,23+,24-,25-,26-,27-,28+,29+,30-,31-,32-,33-,34+,35+,36+,37+,38+,39-,40+,41+,42-,43-,44-,45+,46-/m0/s1. The lowest BCUT2D eigenvalue weighted by Crippen LogP contribution is -2.71. The maximum Gasteiger partial charge on any atom is 0.217 e. The summed E-state index contributed by atoms with van der Waals surface area (Å²) >= 11 is 0. The molecule has 6 saturated heterocycles. The van der Waals surface area contributed by atoms with E-state index in [0.29, 0.717) is 0 Å². The summed E-state index contributed by atoms with van der Waals surface area (Å²) in [5, 5.41) is 220. The van der Waals surface area contributed by atoms with E-state index in [1.165, 1.54) is 13.8 Å². The largest absolute Gasteiger partial charge is 0.394 e.